The molecular formula is C15H18BrN3S. The van der Waals surface area contributed by atoms with Crippen molar-refractivity contribution in [3.05, 3.63) is 44.9 Å². The fourth-order valence-electron chi connectivity index (χ4n) is 3.63. The van der Waals surface area contributed by atoms with Gasteiger partial charge in [0.25, 0.3) is 0 Å². The van der Waals surface area contributed by atoms with Gasteiger partial charge in [-0.05, 0) is 48.2 Å². The maximum atomic E-state index is 5.28. The Morgan fingerprint density at radius 2 is 2.05 bits per heavy atom. The summed E-state index contributed by atoms with van der Waals surface area (Å²) in [4.78, 5) is 0. The Kier molecular flexibility index (Phi) is 3.18. The molecule has 0 bridgehead atoms. The summed E-state index contributed by atoms with van der Waals surface area (Å²) < 4.78 is 3.79. The molecule has 0 radical (unpaired) electrons. The monoisotopic (exact) mass is 351 g/mol. The molecule has 0 amide bonds. The fourth-order valence-corrected chi connectivity index (χ4v) is 4.17. The third-order valence-corrected chi connectivity index (χ3v) is 5.10. The lowest BCUT2D eigenvalue weighted by Crippen LogP contribution is -2.48. The van der Waals surface area contributed by atoms with Crippen molar-refractivity contribution in [1.29, 1.82) is 0 Å². The van der Waals surface area contributed by atoms with Crippen LogP contribution in [0.2, 0.25) is 0 Å². The molecule has 2 aromatic rings. The van der Waals surface area contributed by atoms with E-state index in [1.807, 2.05) is 11.6 Å². The molecule has 3 nitrogen and oxygen atoms in total. The number of benzene rings is 1. The maximum absolute atomic E-state index is 5.28. The Balaban J connectivity index is 2.17. The van der Waals surface area contributed by atoms with Crippen LogP contribution in [0.5, 0.6) is 0 Å². The highest BCUT2D eigenvalue weighted by molar-refractivity contribution is 9.10. The first-order valence-electron chi connectivity index (χ1n) is 6.72. The van der Waals surface area contributed by atoms with Crippen LogP contribution >= 0.6 is 28.1 Å². The van der Waals surface area contributed by atoms with Gasteiger partial charge in [-0.3, -0.25) is 5.10 Å². The molecule has 0 saturated heterocycles. The Hall–Kier alpha value is -0.940. The molecule has 1 aliphatic carbocycles. The second-order valence-corrected chi connectivity index (χ2v) is 7.82. The van der Waals surface area contributed by atoms with E-state index in [4.69, 9.17) is 12.2 Å². The van der Waals surface area contributed by atoms with Gasteiger partial charge >= 0.3 is 0 Å². The van der Waals surface area contributed by atoms with E-state index in [-0.39, 0.29) is 5.41 Å². The van der Waals surface area contributed by atoms with E-state index in [0.717, 1.165) is 23.1 Å². The van der Waals surface area contributed by atoms with Crippen molar-refractivity contribution in [2.75, 3.05) is 0 Å². The average Bonchev–Trinajstić information content (AvgIpc) is 2.67. The third-order valence-electron chi connectivity index (χ3n) is 4.25. The number of H-pyrrole nitrogens is 1. The molecule has 0 unspecified atom stereocenters. The molecule has 0 aliphatic heterocycles. The molecule has 106 valence electrons. The number of hydrogen-bond donors (Lipinski definition) is 1. The first kappa shape index (κ1) is 14.0. The molecule has 1 fully saturated rings. The van der Waals surface area contributed by atoms with Crippen molar-refractivity contribution in [3.63, 3.8) is 0 Å². The molecular weight excluding hydrogens is 334 g/mol. The number of rotatable bonds is 2. The van der Waals surface area contributed by atoms with Gasteiger partial charge in [0.1, 0.15) is 5.82 Å². The van der Waals surface area contributed by atoms with Crippen LogP contribution in [0.1, 0.15) is 38.1 Å². The highest BCUT2D eigenvalue weighted by Crippen LogP contribution is 2.58. The normalized spacial score (nSPS) is 19.6. The summed E-state index contributed by atoms with van der Waals surface area (Å²) in [5.41, 5.74) is 1.62. The largest absolute Gasteiger partial charge is 0.307 e. The number of hydrogen-bond acceptors (Lipinski definition) is 2. The van der Waals surface area contributed by atoms with Crippen molar-refractivity contribution >= 4 is 28.1 Å². The lowest BCUT2D eigenvalue weighted by Gasteiger charge is -2.52. The Morgan fingerprint density at radius 1 is 1.35 bits per heavy atom. The van der Waals surface area contributed by atoms with Gasteiger partial charge < -0.3 is 4.57 Å². The number of aromatic nitrogens is 3. The highest BCUT2D eigenvalue weighted by atomic mass is 79.9. The van der Waals surface area contributed by atoms with Crippen molar-refractivity contribution in [3.8, 4) is 0 Å². The summed E-state index contributed by atoms with van der Waals surface area (Å²) in [5.74, 6) is 1.04. The first-order chi connectivity index (χ1) is 9.34. The van der Waals surface area contributed by atoms with Crippen molar-refractivity contribution in [2.24, 2.45) is 12.5 Å². The minimum atomic E-state index is -0.0322. The third kappa shape index (κ3) is 2.07. The Morgan fingerprint density at radius 3 is 2.55 bits per heavy atom. The quantitative estimate of drug-likeness (QED) is 0.816. The molecule has 1 aliphatic rings. The number of nitrogens with zero attached hydrogens (tertiary/aromatic N) is 2. The smallest absolute Gasteiger partial charge is 0.194 e. The maximum Gasteiger partial charge on any atom is 0.194 e. The van der Waals surface area contributed by atoms with Crippen molar-refractivity contribution in [2.45, 2.75) is 32.1 Å². The molecule has 3 rings (SSSR count). The van der Waals surface area contributed by atoms with E-state index < -0.39 is 0 Å². The van der Waals surface area contributed by atoms with E-state index in [9.17, 15) is 0 Å². The molecule has 5 heteroatoms. The van der Waals surface area contributed by atoms with E-state index in [2.05, 4.69) is 64.2 Å². The second-order valence-electron chi connectivity index (χ2n) is 6.52. The lowest BCUT2D eigenvalue weighted by atomic mass is 9.51. The van der Waals surface area contributed by atoms with E-state index in [0.29, 0.717) is 10.2 Å². The van der Waals surface area contributed by atoms with E-state index >= 15 is 0 Å². The van der Waals surface area contributed by atoms with Gasteiger partial charge in [-0.15, -0.1) is 0 Å². The molecule has 1 aromatic carbocycles. The van der Waals surface area contributed by atoms with Crippen LogP contribution < -0.4 is 0 Å². The van der Waals surface area contributed by atoms with Crippen molar-refractivity contribution in [1.82, 2.24) is 14.8 Å². The number of halogens is 1. The van der Waals surface area contributed by atoms with Gasteiger partial charge in [-0.25, -0.2) is 0 Å². The van der Waals surface area contributed by atoms with Crippen LogP contribution in [-0.2, 0) is 12.5 Å². The van der Waals surface area contributed by atoms with Gasteiger partial charge in [0.05, 0.1) is 5.41 Å². The summed E-state index contributed by atoms with van der Waals surface area (Å²) in [6.07, 6.45) is 2.17. The van der Waals surface area contributed by atoms with Gasteiger partial charge in [0.2, 0.25) is 0 Å². The van der Waals surface area contributed by atoms with Crippen LogP contribution in [0.4, 0.5) is 0 Å². The van der Waals surface area contributed by atoms with Crippen LogP contribution in [-0.4, -0.2) is 14.8 Å². The number of nitrogens with one attached hydrogen (secondary N) is 1. The van der Waals surface area contributed by atoms with Crippen molar-refractivity contribution < 1.29 is 0 Å². The molecule has 1 heterocycles. The van der Waals surface area contributed by atoms with E-state index in [1.165, 1.54) is 5.56 Å². The lowest BCUT2D eigenvalue weighted by molar-refractivity contribution is 0.0789. The zero-order chi connectivity index (χ0) is 14.5. The topological polar surface area (TPSA) is 33.6 Å². The standard InChI is InChI=1S/C15H18BrN3S/c1-14(2)8-15(9-14,10-5-4-6-11(16)7-10)12-17-18-13(20)19(12)3/h4-7H,8-9H2,1-3H3,(H,18,20). The van der Waals surface area contributed by atoms with E-state index in [1.54, 1.807) is 0 Å². The predicted octanol–water partition coefficient (Wildman–Crippen LogP) is 4.35. The van der Waals surface area contributed by atoms with Gasteiger partial charge in [-0.2, -0.15) is 5.10 Å². The van der Waals surface area contributed by atoms with Gasteiger partial charge in [0.15, 0.2) is 4.77 Å². The zero-order valence-corrected chi connectivity index (χ0v) is 14.3. The predicted molar refractivity (Wildman–Crippen MR) is 86.3 cm³/mol. The Labute approximate surface area is 132 Å². The molecule has 1 saturated carbocycles. The molecule has 0 spiro atoms. The van der Waals surface area contributed by atoms with Crippen LogP contribution in [0.25, 0.3) is 0 Å². The van der Waals surface area contributed by atoms with Crippen LogP contribution in [0.15, 0.2) is 28.7 Å². The highest BCUT2D eigenvalue weighted by Gasteiger charge is 2.53. The van der Waals surface area contributed by atoms with Gasteiger partial charge in [-0.1, -0.05) is 41.9 Å². The summed E-state index contributed by atoms with van der Waals surface area (Å²) in [6.45, 7) is 4.62. The van der Waals surface area contributed by atoms with Crippen LogP contribution in [0, 0.1) is 10.2 Å². The summed E-state index contributed by atoms with van der Waals surface area (Å²) >= 11 is 8.86. The summed E-state index contributed by atoms with van der Waals surface area (Å²) in [6, 6.07) is 8.54. The zero-order valence-electron chi connectivity index (χ0n) is 11.9. The fraction of sp³-hybridized carbons (Fsp3) is 0.467. The average molecular weight is 352 g/mol. The minimum Gasteiger partial charge on any atom is -0.307 e. The number of aromatic amines is 1. The first-order valence-corrected chi connectivity index (χ1v) is 7.92. The molecule has 1 aromatic heterocycles. The SMILES string of the molecule is Cn1c(C2(c3cccc(Br)c3)CC(C)(C)C2)n[nH]c1=S. The molecule has 0 atom stereocenters. The minimum absolute atomic E-state index is 0.0322. The second kappa shape index (κ2) is 4.53. The van der Waals surface area contributed by atoms with Crippen LogP contribution in [0.3, 0.4) is 0 Å². The molecule has 20 heavy (non-hydrogen) atoms. The Bertz CT molecular complexity index is 706. The van der Waals surface area contributed by atoms with Gasteiger partial charge in [0, 0.05) is 11.5 Å². The summed E-state index contributed by atoms with van der Waals surface area (Å²) in [7, 11) is 1.99. The summed E-state index contributed by atoms with van der Waals surface area (Å²) in [5, 5.41) is 7.44. The molecule has 1 N–H and O–H groups in total.